The summed E-state index contributed by atoms with van der Waals surface area (Å²) in [6.07, 6.45) is 0. The first-order valence-electron chi connectivity index (χ1n) is 8.29. The van der Waals surface area contributed by atoms with Crippen LogP contribution in [0, 0.1) is 0 Å². The molecule has 0 aliphatic carbocycles. The summed E-state index contributed by atoms with van der Waals surface area (Å²) < 4.78 is 0. The van der Waals surface area contributed by atoms with E-state index in [1.54, 1.807) is 12.1 Å². The Hall–Kier alpha value is -2.66. The molecule has 0 radical (unpaired) electrons. The smallest absolute Gasteiger partial charge is 0.251 e. The van der Waals surface area contributed by atoms with E-state index in [-0.39, 0.29) is 17.9 Å². The molecule has 0 saturated heterocycles. The molecule has 2 amide bonds. The summed E-state index contributed by atoms with van der Waals surface area (Å²) in [5.41, 5.74) is 2.64. The Balaban J connectivity index is 2.06. The van der Waals surface area contributed by atoms with Gasteiger partial charge in [-0.05, 0) is 37.4 Å². The molecule has 0 aliphatic heterocycles. The minimum absolute atomic E-state index is 0.0730. The van der Waals surface area contributed by atoms with E-state index in [9.17, 15) is 9.59 Å². The average molecular weight is 339 g/mol. The summed E-state index contributed by atoms with van der Waals surface area (Å²) in [5, 5.41) is 5.84. The molecule has 0 unspecified atom stereocenters. The standard InChI is InChI=1S/C20H25N3O2/c1-15(24)21-13-16-9-11-18(12-10-16)20(25)22-19(14-23(2)3)17-7-5-4-6-8-17/h4-12,19H,13-14H2,1-3H3,(H,21,24)(H,22,25)/t19-/m0/s1. The highest BCUT2D eigenvalue weighted by atomic mass is 16.2. The van der Waals surface area contributed by atoms with Gasteiger partial charge in [-0.1, -0.05) is 42.5 Å². The van der Waals surface area contributed by atoms with Crippen LogP contribution in [0.25, 0.3) is 0 Å². The van der Waals surface area contributed by atoms with E-state index in [4.69, 9.17) is 0 Å². The lowest BCUT2D eigenvalue weighted by Gasteiger charge is -2.23. The molecule has 5 nitrogen and oxygen atoms in total. The zero-order chi connectivity index (χ0) is 18.2. The van der Waals surface area contributed by atoms with Gasteiger partial charge < -0.3 is 15.5 Å². The van der Waals surface area contributed by atoms with Crippen LogP contribution in [0.2, 0.25) is 0 Å². The van der Waals surface area contributed by atoms with Gasteiger partial charge in [0.15, 0.2) is 0 Å². The predicted molar refractivity (Wildman–Crippen MR) is 99.2 cm³/mol. The van der Waals surface area contributed by atoms with Crippen molar-refractivity contribution < 1.29 is 9.59 Å². The van der Waals surface area contributed by atoms with Crippen molar-refractivity contribution in [2.24, 2.45) is 0 Å². The van der Waals surface area contributed by atoms with E-state index >= 15 is 0 Å². The normalized spacial score (nSPS) is 11.8. The summed E-state index contributed by atoms with van der Waals surface area (Å²) in [7, 11) is 3.97. The van der Waals surface area contributed by atoms with E-state index in [2.05, 4.69) is 15.5 Å². The van der Waals surface area contributed by atoms with Crippen molar-refractivity contribution in [2.45, 2.75) is 19.5 Å². The van der Waals surface area contributed by atoms with Crippen LogP contribution in [0.4, 0.5) is 0 Å². The number of likely N-dealkylation sites (N-methyl/N-ethyl adjacent to an activating group) is 1. The molecule has 132 valence electrons. The van der Waals surface area contributed by atoms with Crippen molar-refractivity contribution in [1.82, 2.24) is 15.5 Å². The van der Waals surface area contributed by atoms with E-state index in [1.165, 1.54) is 6.92 Å². The predicted octanol–water partition coefficient (Wildman–Crippen LogP) is 2.36. The molecule has 25 heavy (non-hydrogen) atoms. The zero-order valence-electron chi connectivity index (χ0n) is 15.0. The average Bonchev–Trinajstić information content (AvgIpc) is 2.60. The monoisotopic (exact) mass is 339 g/mol. The van der Waals surface area contributed by atoms with Crippen LogP contribution in [-0.4, -0.2) is 37.4 Å². The second-order valence-corrected chi connectivity index (χ2v) is 6.31. The van der Waals surface area contributed by atoms with Crippen LogP contribution in [-0.2, 0) is 11.3 Å². The maximum absolute atomic E-state index is 12.6. The summed E-state index contributed by atoms with van der Waals surface area (Å²) in [6.45, 7) is 2.66. The van der Waals surface area contributed by atoms with Crippen LogP contribution < -0.4 is 10.6 Å². The second-order valence-electron chi connectivity index (χ2n) is 6.31. The van der Waals surface area contributed by atoms with Crippen molar-refractivity contribution in [3.8, 4) is 0 Å². The first-order valence-corrected chi connectivity index (χ1v) is 8.29. The molecule has 1 atom stereocenters. The highest BCUT2D eigenvalue weighted by Crippen LogP contribution is 2.15. The molecular weight excluding hydrogens is 314 g/mol. The Morgan fingerprint density at radius 3 is 2.20 bits per heavy atom. The van der Waals surface area contributed by atoms with Gasteiger partial charge in [0.25, 0.3) is 5.91 Å². The van der Waals surface area contributed by atoms with Gasteiger partial charge in [0.05, 0.1) is 6.04 Å². The van der Waals surface area contributed by atoms with E-state index in [0.717, 1.165) is 17.7 Å². The first kappa shape index (κ1) is 18.7. The van der Waals surface area contributed by atoms with Crippen molar-refractivity contribution in [2.75, 3.05) is 20.6 Å². The SMILES string of the molecule is CC(=O)NCc1ccc(C(=O)N[C@@H](CN(C)C)c2ccccc2)cc1. The number of hydrogen-bond donors (Lipinski definition) is 2. The Morgan fingerprint density at radius 2 is 1.64 bits per heavy atom. The number of nitrogens with one attached hydrogen (secondary N) is 2. The Labute approximate surface area is 149 Å². The molecule has 0 aliphatic rings. The van der Waals surface area contributed by atoms with E-state index < -0.39 is 0 Å². The summed E-state index contributed by atoms with van der Waals surface area (Å²) >= 11 is 0. The largest absolute Gasteiger partial charge is 0.352 e. The fourth-order valence-electron chi connectivity index (χ4n) is 2.53. The third-order valence-corrected chi connectivity index (χ3v) is 3.81. The summed E-state index contributed by atoms with van der Waals surface area (Å²) in [6, 6.07) is 17.1. The van der Waals surface area contributed by atoms with Gasteiger partial charge in [-0.15, -0.1) is 0 Å². The van der Waals surface area contributed by atoms with Crippen molar-refractivity contribution >= 4 is 11.8 Å². The third-order valence-electron chi connectivity index (χ3n) is 3.81. The molecule has 2 aromatic carbocycles. The molecule has 0 fully saturated rings. The van der Waals surface area contributed by atoms with Gasteiger partial charge in [0.1, 0.15) is 0 Å². The quantitative estimate of drug-likeness (QED) is 0.814. The topological polar surface area (TPSA) is 61.4 Å². The number of nitrogens with zero attached hydrogens (tertiary/aromatic N) is 1. The molecular formula is C20H25N3O2. The molecule has 2 rings (SSSR count). The number of rotatable bonds is 7. The molecule has 0 spiro atoms. The third kappa shape index (κ3) is 6.04. The van der Waals surface area contributed by atoms with Crippen LogP contribution in [0.3, 0.4) is 0 Å². The van der Waals surface area contributed by atoms with E-state index in [0.29, 0.717) is 12.1 Å². The van der Waals surface area contributed by atoms with Crippen molar-refractivity contribution in [3.63, 3.8) is 0 Å². The molecule has 0 bridgehead atoms. The highest BCUT2D eigenvalue weighted by Gasteiger charge is 2.16. The number of hydrogen-bond acceptors (Lipinski definition) is 3. The maximum Gasteiger partial charge on any atom is 0.251 e. The molecule has 0 aromatic heterocycles. The molecule has 0 saturated carbocycles. The molecule has 2 aromatic rings. The Morgan fingerprint density at radius 1 is 1.00 bits per heavy atom. The zero-order valence-corrected chi connectivity index (χ0v) is 15.0. The van der Waals surface area contributed by atoms with Gasteiger partial charge in [0, 0.05) is 25.6 Å². The second kappa shape index (κ2) is 8.99. The van der Waals surface area contributed by atoms with Gasteiger partial charge >= 0.3 is 0 Å². The van der Waals surface area contributed by atoms with Crippen LogP contribution >= 0.6 is 0 Å². The minimum Gasteiger partial charge on any atom is -0.352 e. The fourth-order valence-corrected chi connectivity index (χ4v) is 2.53. The lowest BCUT2D eigenvalue weighted by atomic mass is 10.1. The van der Waals surface area contributed by atoms with Gasteiger partial charge in [0.2, 0.25) is 5.91 Å². The van der Waals surface area contributed by atoms with Gasteiger partial charge in [-0.25, -0.2) is 0 Å². The first-order chi connectivity index (χ1) is 12.0. The number of carbonyl (C=O) groups is 2. The van der Waals surface area contributed by atoms with Crippen molar-refractivity contribution in [3.05, 3.63) is 71.3 Å². The fraction of sp³-hybridized carbons (Fsp3) is 0.300. The molecule has 0 heterocycles. The van der Waals surface area contributed by atoms with Crippen LogP contribution in [0.15, 0.2) is 54.6 Å². The molecule has 5 heteroatoms. The maximum atomic E-state index is 12.6. The lowest BCUT2D eigenvalue weighted by molar-refractivity contribution is -0.119. The Kier molecular flexibility index (Phi) is 6.71. The highest BCUT2D eigenvalue weighted by molar-refractivity contribution is 5.94. The summed E-state index contributed by atoms with van der Waals surface area (Å²) in [5.74, 6) is -0.182. The summed E-state index contributed by atoms with van der Waals surface area (Å²) in [4.78, 5) is 25.6. The van der Waals surface area contributed by atoms with Crippen LogP contribution in [0.1, 0.15) is 34.5 Å². The minimum atomic E-state index is -0.109. The van der Waals surface area contributed by atoms with Gasteiger partial charge in [-0.3, -0.25) is 9.59 Å². The van der Waals surface area contributed by atoms with Crippen molar-refractivity contribution in [1.29, 1.82) is 0 Å². The molecule has 2 N–H and O–H groups in total. The van der Waals surface area contributed by atoms with Crippen LogP contribution in [0.5, 0.6) is 0 Å². The van der Waals surface area contributed by atoms with Gasteiger partial charge in [-0.2, -0.15) is 0 Å². The number of carbonyl (C=O) groups excluding carboxylic acids is 2. The Bertz CT molecular complexity index is 697. The van der Waals surface area contributed by atoms with E-state index in [1.807, 2.05) is 56.6 Å². The lowest BCUT2D eigenvalue weighted by Crippen LogP contribution is -2.35. The number of benzene rings is 2. The number of amides is 2.